The number of likely N-dealkylation sites (N-methyl/N-ethyl adjacent to an activating group) is 1. The first kappa shape index (κ1) is 16.9. The predicted molar refractivity (Wildman–Crippen MR) is 85.9 cm³/mol. The molecule has 1 unspecified atom stereocenters. The maximum absolute atomic E-state index is 12.1. The Hall–Kier alpha value is -0.480. The Kier molecular flexibility index (Phi) is 5.78. The fourth-order valence-electron chi connectivity index (χ4n) is 2.22. The zero-order valence-corrected chi connectivity index (χ0v) is 14.9. The first-order valence-electron chi connectivity index (χ1n) is 6.62. The number of nitrogens with zero attached hydrogens (tertiary/aromatic N) is 1. The number of rotatable bonds is 5. The molecule has 0 aliphatic carbocycles. The lowest BCUT2D eigenvalue weighted by Crippen LogP contribution is -2.49. The van der Waals surface area contributed by atoms with Gasteiger partial charge in [-0.3, -0.25) is 4.79 Å². The summed E-state index contributed by atoms with van der Waals surface area (Å²) in [5.41, 5.74) is 0. The third-order valence-corrected chi connectivity index (χ3v) is 6.93. The number of halogens is 1. The van der Waals surface area contributed by atoms with Gasteiger partial charge in [0.25, 0.3) is 10.0 Å². The minimum atomic E-state index is -3.62. The molecular weight excluding hydrogens is 378 g/mol. The highest BCUT2D eigenvalue weighted by Crippen LogP contribution is 2.25. The molecule has 0 bridgehead atoms. The van der Waals surface area contributed by atoms with Crippen molar-refractivity contribution in [3.05, 3.63) is 15.9 Å². The molecule has 0 spiro atoms. The monoisotopic (exact) mass is 395 g/mol. The van der Waals surface area contributed by atoms with Crippen molar-refractivity contribution < 1.29 is 13.2 Å². The second-order valence-corrected chi connectivity index (χ2v) is 9.31. The van der Waals surface area contributed by atoms with Gasteiger partial charge in [-0.05, 0) is 48.0 Å². The molecule has 1 aromatic heterocycles. The Morgan fingerprint density at radius 3 is 2.90 bits per heavy atom. The number of hydrogen-bond acceptors (Lipinski definition) is 5. The van der Waals surface area contributed by atoms with E-state index in [1.165, 1.54) is 6.07 Å². The van der Waals surface area contributed by atoms with Crippen LogP contribution in [0.2, 0.25) is 0 Å². The Morgan fingerprint density at radius 2 is 2.29 bits per heavy atom. The molecule has 2 rings (SSSR count). The third kappa shape index (κ3) is 4.49. The largest absolute Gasteiger partial charge is 0.340 e. The average molecular weight is 396 g/mol. The SMILES string of the molecule is CNC1CCCN(C(=O)CNS(=O)(=O)c2ccc(Br)s2)C1. The summed E-state index contributed by atoms with van der Waals surface area (Å²) in [6, 6.07) is 3.47. The molecule has 21 heavy (non-hydrogen) atoms. The van der Waals surface area contributed by atoms with E-state index in [9.17, 15) is 13.2 Å². The first-order valence-corrected chi connectivity index (χ1v) is 9.71. The highest BCUT2D eigenvalue weighted by atomic mass is 79.9. The lowest BCUT2D eigenvalue weighted by Gasteiger charge is -2.32. The summed E-state index contributed by atoms with van der Waals surface area (Å²) in [6.07, 6.45) is 1.97. The van der Waals surface area contributed by atoms with Crippen LogP contribution < -0.4 is 10.0 Å². The Labute approximate surface area is 137 Å². The molecule has 2 N–H and O–H groups in total. The number of nitrogens with one attached hydrogen (secondary N) is 2. The quantitative estimate of drug-likeness (QED) is 0.779. The molecule has 1 fully saturated rings. The molecular formula is C12H18BrN3O3S2. The van der Waals surface area contributed by atoms with Gasteiger partial charge in [0.15, 0.2) is 0 Å². The van der Waals surface area contributed by atoms with Gasteiger partial charge in [-0.15, -0.1) is 11.3 Å². The van der Waals surface area contributed by atoms with Crippen LogP contribution in [0.3, 0.4) is 0 Å². The van der Waals surface area contributed by atoms with E-state index in [-0.39, 0.29) is 22.7 Å². The van der Waals surface area contributed by atoms with Crippen LogP contribution in [-0.2, 0) is 14.8 Å². The summed E-state index contributed by atoms with van der Waals surface area (Å²) in [4.78, 5) is 13.8. The van der Waals surface area contributed by atoms with Gasteiger partial charge in [-0.1, -0.05) is 0 Å². The summed E-state index contributed by atoms with van der Waals surface area (Å²) in [5.74, 6) is -0.186. The molecule has 118 valence electrons. The molecule has 1 amide bonds. The summed E-state index contributed by atoms with van der Waals surface area (Å²) in [5, 5.41) is 3.15. The van der Waals surface area contributed by atoms with Gasteiger partial charge in [0, 0.05) is 19.1 Å². The van der Waals surface area contributed by atoms with Crippen LogP contribution in [-0.4, -0.2) is 51.9 Å². The standard InChI is InChI=1S/C12H18BrN3O3S2/c1-14-9-3-2-6-16(8-9)11(17)7-15-21(18,19)12-5-4-10(13)20-12/h4-5,9,14-15H,2-3,6-8H2,1H3. The Balaban J connectivity index is 1.91. The van der Waals surface area contributed by atoms with Crippen LogP contribution in [0.5, 0.6) is 0 Å². The fourth-order valence-corrected chi connectivity index (χ4v) is 5.25. The number of amides is 1. The van der Waals surface area contributed by atoms with E-state index in [1.807, 2.05) is 7.05 Å². The summed E-state index contributed by atoms with van der Waals surface area (Å²) in [7, 11) is -1.75. The Morgan fingerprint density at radius 1 is 1.52 bits per heavy atom. The van der Waals surface area contributed by atoms with Crippen LogP contribution in [0.25, 0.3) is 0 Å². The first-order chi connectivity index (χ1) is 9.92. The summed E-state index contributed by atoms with van der Waals surface area (Å²) < 4.78 is 27.4. The molecule has 0 aromatic carbocycles. The van der Waals surface area contributed by atoms with E-state index in [2.05, 4.69) is 26.0 Å². The van der Waals surface area contributed by atoms with Crippen molar-refractivity contribution in [3.8, 4) is 0 Å². The summed E-state index contributed by atoms with van der Waals surface area (Å²) >= 11 is 4.34. The lowest BCUT2D eigenvalue weighted by atomic mass is 10.1. The predicted octanol–water partition coefficient (Wildman–Crippen LogP) is 0.999. The van der Waals surface area contributed by atoms with Gasteiger partial charge in [0.1, 0.15) is 4.21 Å². The molecule has 1 aromatic rings. The van der Waals surface area contributed by atoms with Crippen molar-refractivity contribution >= 4 is 43.2 Å². The molecule has 9 heteroatoms. The maximum atomic E-state index is 12.1. The molecule has 0 saturated carbocycles. The molecule has 1 aliphatic heterocycles. The van der Waals surface area contributed by atoms with Crippen molar-refractivity contribution in [3.63, 3.8) is 0 Å². The van der Waals surface area contributed by atoms with E-state index >= 15 is 0 Å². The van der Waals surface area contributed by atoms with Gasteiger partial charge in [-0.25, -0.2) is 13.1 Å². The minimum absolute atomic E-state index is 0.186. The van der Waals surface area contributed by atoms with Crippen LogP contribution in [0.4, 0.5) is 0 Å². The van der Waals surface area contributed by atoms with Gasteiger partial charge in [0.2, 0.25) is 5.91 Å². The van der Waals surface area contributed by atoms with E-state index in [4.69, 9.17) is 0 Å². The lowest BCUT2D eigenvalue weighted by molar-refractivity contribution is -0.131. The minimum Gasteiger partial charge on any atom is -0.340 e. The topological polar surface area (TPSA) is 78.5 Å². The van der Waals surface area contributed by atoms with Crippen molar-refractivity contribution in [1.29, 1.82) is 0 Å². The zero-order chi connectivity index (χ0) is 15.5. The van der Waals surface area contributed by atoms with Gasteiger partial charge >= 0.3 is 0 Å². The van der Waals surface area contributed by atoms with E-state index < -0.39 is 10.0 Å². The second kappa shape index (κ2) is 7.19. The van der Waals surface area contributed by atoms with Crippen molar-refractivity contribution in [2.45, 2.75) is 23.1 Å². The number of piperidine rings is 1. The molecule has 6 nitrogen and oxygen atoms in total. The fraction of sp³-hybridized carbons (Fsp3) is 0.583. The Bertz CT molecular complexity index is 603. The van der Waals surface area contributed by atoms with Gasteiger partial charge in [-0.2, -0.15) is 0 Å². The third-order valence-electron chi connectivity index (χ3n) is 3.41. The molecule has 0 radical (unpaired) electrons. The summed E-state index contributed by atoms with van der Waals surface area (Å²) in [6.45, 7) is 1.11. The normalized spacial score (nSPS) is 19.7. The maximum Gasteiger partial charge on any atom is 0.250 e. The number of sulfonamides is 1. The van der Waals surface area contributed by atoms with Crippen molar-refractivity contribution in [1.82, 2.24) is 14.9 Å². The van der Waals surface area contributed by atoms with E-state index in [0.29, 0.717) is 13.1 Å². The van der Waals surface area contributed by atoms with E-state index in [0.717, 1.165) is 28.0 Å². The average Bonchev–Trinajstić information content (AvgIpc) is 2.92. The second-order valence-electron chi connectivity index (χ2n) is 4.85. The number of thiophene rings is 1. The van der Waals surface area contributed by atoms with Gasteiger partial charge in [0.05, 0.1) is 10.3 Å². The number of likely N-dealkylation sites (tertiary alicyclic amines) is 1. The molecule has 2 heterocycles. The van der Waals surface area contributed by atoms with Gasteiger partial charge < -0.3 is 10.2 Å². The van der Waals surface area contributed by atoms with Crippen molar-refractivity contribution in [2.75, 3.05) is 26.7 Å². The molecule has 1 aliphatic rings. The van der Waals surface area contributed by atoms with Crippen LogP contribution in [0, 0.1) is 0 Å². The van der Waals surface area contributed by atoms with Crippen molar-refractivity contribution in [2.24, 2.45) is 0 Å². The molecule has 1 saturated heterocycles. The smallest absolute Gasteiger partial charge is 0.250 e. The highest BCUT2D eigenvalue weighted by Gasteiger charge is 2.24. The molecule has 1 atom stereocenters. The van der Waals surface area contributed by atoms with Crippen LogP contribution in [0.1, 0.15) is 12.8 Å². The van der Waals surface area contributed by atoms with Crippen LogP contribution in [0.15, 0.2) is 20.1 Å². The van der Waals surface area contributed by atoms with E-state index in [1.54, 1.807) is 11.0 Å². The number of carbonyl (C=O) groups is 1. The zero-order valence-electron chi connectivity index (χ0n) is 11.6. The number of carbonyl (C=O) groups excluding carboxylic acids is 1. The highest BCUT2D eigenvalue weighted by molar-refractivity contribution is 9.11. The van der Waals surface area contributed by atoms with Crippen LogP contribution >= 0.6 is 27.3 Å². The number of hydrogen-bond donors (Lipinski definition) is 2.